The minimum atomic E-state index is -4.49. The summed E-state index contributed by atoms with van der Waals surface area (Å²) in [6.07, 6.45) is 1.37. The van der Waals surface area contributed by atoms with Crippen molar-refractivity contribution in [2.45, 2.75) is 33.6 Å². The highest BCUT2D eigenvalue weighted by atomic mass is 31.2. The van der Waals surface area contributed by atoms with Crippen LogP contribution in [0.5, 0.6) is 5.75 Å². The van der Waals surface area contributed by atoms with Crippen LogP contribution in [0, 0.1) is 6.92 Å². The van der Waals surface area contributed by atoms with Crippen molar-refractivity contribution in [1.29, 1.82) is 0 Å². The monoisotopic (exact) mass is 244 g/mol. The molecule has 5 heteroatoms. The van der Waals surface area contributed by atoms with Gasteiger partial charge in [-0.3, -0.25) is 9.79 Å². The van der Waals surface area contributed by atoms with E-state index in [-0.39, 0.29) is 0 Å². The van der Waals surface area contributed by atoms with Crippen LogP contribution in [0.25, 0.3) is 0 Å². The molecule has 1 aromatic carbocycles. The molecule has 0 saturated heterocycles. The molecule has 4 nitrogen and oxygen atoms in total. The van der Waals surface area contributed by atoms with Crippen LogP contribution < -0.4 is 4.52 Å². The quantitative estimate of drug-likeness (QED) is 0.799. The van der Waals surface area contributed by atoms with E-state index in [1.165, 1.54) is 0 Å². The first kappa shape index (κ1) is 13.2. The highest BCUT2D eigenvalue weighted by Gasteiger charge is 2.21. The van der Waals surface area contributed by atoms with E-state index in [9.17, 15) is 4.57 Å². The number of phosphoric acid groups is 1. The molecule has 0 atom stereocenters. The summed E-state index contributed by atoms with van der Waals surface area (Å²) in [5, 5.41) is 0. The minimum absolute atomic E-state index is 0.346. The third-order valence-corrected chi connectivity index (χ3v) is 2.94. The summed E-state index contributed by atoms with van der Waals surface area (Å²) in [7, 11) is -4.49. The number of rotatable bonds is 4. The van der Waals surface area contributed by atoms with E-state index in [4.69, 9.17) is 14.3 Å². The van der Waals surface area contributed by atoms with Crippen molar-refractivity contribution < 1.29 is 18.9 Å². The SMILES string of the molecule is CCc1ccc(C)c(CC)c1OP(=O)(O)O. The van der Waals surface area contributed by atoms with Gasteiger partial charge in [0.1, 0.15) is 5.75 Å². The van der Waals surface area contributed by atoms with Gasteiger partial charge in [0.25, 0.3) is 0 Å². The summed E-state index contributed by atoms with van der Waals surface area (Å²) in [6, 6.07) is 3.80. The summed E-state index contributed by atoms with van der Waals surface area (Å²) in [5.41, 5.74) is 2.68. The van der Waals surface area contributed by atoms with Gasteiger partial charge in [0.15, 0.2) is 0 Å². The standard InChI is InChI=1S/C11H17O4P/c1-4-9-7-6-8(3)10(5-2)11(9)15-16(12,13)14/h6-7H,4-5H2,1-3H3,(H2,12,13,14). The lowest BCUT2D eigenvalue weighted by molar-refractivity contribution is 0.281. The predicted molar refractivity (Wildman–Crippen MR) is 62.6 cm³/mol. The third-order valence-electron chi connectivity index (χ3n) is 2.52. The Kier molecular flexibility index (Phi) is 4.14. The molecule has 0 aliphatic heterocycles. The van der Waals surface area contributed by atoms with Crippen LogP contribution in [0.2, 0.25) is 0 Å². The molecule has 0 saturated carbocycles. The molecule has 0 aliphatic rings. The number of hydrogen-bond donors (Lipinski definition) is 2. The van der Waals surface area contributed by atoms with E-state index >= 15 is 0 Å². The van der Waals surface area contributed by atoms with Gasteiger partial charge in [-0.1, -0.05) is 26.0 Å². The average Bonchev–Trinajstić information content (AvgIpc) is 2.16. The van der Waals surface area contributed by atoms with Crippen LogP contribution in [0.15, 0.2) is 12.1 Å². The lowest BCUT2D eigenvalue weighted by atomic mass is 10.00. The molecule has 1 aromatic rings. The van der Waals surface area contributed by atoms with Gasteiger partial charge in [0.05, 0.1) is 0 Å². The normalized spacial score (nSPS) is 11.6. The molecule has 0 aromatic heterocycles. The Labute approximate surface area is 95.5 Å². The molecule has 1 rings (SSSR count). The molecule has 0 fully saturated rings. The summed E-state index contributed by atoms with van der Waals surface area (Å²) in [6.45, 7) is 5.77. The molecule has 0 aliphatic carbocycles. The third kappa shape index (κ3) is 3.08. The number of phosphoric ester groups is 1. The molecule has 0 spiro atoms. The van der Waals surface area contributed by atoms with Gasteiger partial charge in [-0.05, 0) is 36.5 Å². The summed E-state index contributed by atoms with van der Waals surface area (Å²) in [4.78, 5) is 17.8. The van der Waals surface area contributed by atoms with Crippen LogP contribution in [0.3, 0.4) is 0 Å². The first-order valence-corrected chi connectivity index (χ1v) is 6.78. The average molecular weight is 244 g/mol. The zero-order chi connectivity index (χ0) is 12.3. The van der Waals surface area contributed by atoms with E-state index in [2.05, 4.69) is 0 Å². The number of aryl methyl sites for hydroxylation is 2. The van der Waals surface area contributed by atoms with Crippen molar-refractivity contribution in [2.75, 3.05) is 0 Å². The highest BCUT2D eigenvalue weighted by molar-refractivity contribution is 7.46. The highest BCUT2D eigenvalue weighted by Crippen LogP contribution is 2.42. The van der Waals surface area contributed by atoms with Crippen molar-refractivity contribution in [3.8, 4) is 5.75 Å². The number of benzene rings is 1. The largest absolute Gasteiger partial charge is 0.524 e. The Morgan fingerprint density at radius 1 is 1.25 bits per heavy atom. The van der Waals surface area contributed by atoms with Crippen molar-refractivity contribution in [1.82, 2.24) is 0 Å². The molecule has 0 amide bonds. The van der Waals surface area contributed by atoms with Crippen molar-refractivity contribution in [2.24, 2.45) is 0 Å². The second-order valence-electron chi connectivity index (χ2n) is 3.64. The van der Waals surface area contributed by atoms with Crippen LogP contribution in [-0.4, -0.2) is 9.79 Å². The van der Waals surface area contributed by atoms with E-state index in [1.807, 2.05) is 32.9 Å². The lowest BCUT2D eigenvalue weighted by Gasteiger charge is -2.16. The molecule has 0 heterocycles. The second-order valence-corrected chi connectivity index (χ2v) is 4.80. The van der Waals surface area contributed by atoms with Crippen molar-refractivity contribution in [3.63, 3.8) is 0 Å². The Morgan fingerprint density at radius 3 is 2.31 bits per heavy atom. The van der Waals surface area contributed by atoms with Crippen molar-refractivity contribution in [3.05, 3.63) is 28.8 Å². The van der Waals surface area contributed by atoms with Crippen LogP contribution in [0.4, 0.5) is 0 Å². The second kappa shape index (κ2) is 5.00. The predicted octanol–water partition coefficient (Wildman–Crippen LogP) is 2.59. The smallest absolute Gasteiger partial charge is 0.404 e. The molecule has 16 heavy (non-hydrogen) atoms. The first-order chi connectivity index (χ1) is 7.39. The van der Waals surface area contributed by atoms with Gasteiger partial charge in [0, 0.05) is 0 Å². The molecule has 0 bridgehead atoms. The maximum Gasteiger partial charge on any atom is 0.524 e. The van der Waals surface area contributed by atoms with Crippen molar-refractivity contribution >= 4 is 7.82 Å². The molecular weight excluding hydrogens is 227 g/mol. The Balaban J connectivity index is 3.31. The molecular formula is C11H17O4P. The zero-order valence-corrected chi connectivity index (χ0v) is 10.6. The summed E-state index contributed by atoms with van der Waals surface area (Å²) < 4.78 is 15.7. The fourth-order valence-corrected chi connectivity index (χ4v) is 2.19. The zero-order valence-electron chi connectivity index (χ0n) is 9.73. The maximum atomic E-state index is 10.9. The lowest BCUT2D eigenvalue weighted by Crippen LogP contribution is -2.00. The molecule has 0 radical (unpaired) electrons. The Bertz CT molecular complexity index is 422. The Morgan fingerprint density at radius 2 is 1.88 bits per heavy atom. The van der Waals surface area contributed by atoms with Crippen LogP contribution in [-0.2, 0) is 17.4 Å². The van der Waals surface area contributed by atoms with Gasteiger partial charge in [-0.2, -0.15) is 0 Å². The maximum absolute atomic E-state index is 10.9. The Hall–Kier alpha value is -0.830. The minimum Gasteiger partial charge on any atom is -0.404 e. The van der Waals surface area contributed by atoms with Gasteiger partial charge in [0.2, 0.25) is 0 Å². The summed E-state index contributed by atoms with van der Waals surface area (Å²) >= 11 is 0. The summed E-state index contributed by atoms with van der Waals surface area (Å²) in [5.74, 6) is 0.346. The van der Waals surface area contributed by atoms with Gasteiger partial charge in [-0.15, -0.1) is 0 Å². The van der Waals surface area contributed by atoms with E-state index in [0.717, 1.165) is 16.7 Å². The topological polar surface area (TPSA) is 66.8 Å². The van der Waals surface area contributed by atoms with Crippen LogP contribution in [0.1, 0.15) is 30.5 Å². The van der Waals surface area contributed by atoms with Gasteiger partial charge >= 0.3 is 7.82 Å². The van der Waals surface area contributed by atoms with E-state index < -0.39 is 7.82 Å². The fourth-order valence-electron chi connectivity index (χ4n) is 1.73. The fraction of sp³-hybridized carbons (Fsp3) is 0.455. The van der Waals surface area contributed by atoms with E-state index in [1.54, 1.807) is 0 Å². The van der Waals surface area contributed by atoms with Gasteiger partial charge < -0.3 is 4.52 Å². The van der Waals surface area contributed by atoms with Crippen LogP contribution >= 0.6 is 7.82 Å². The number of hydrogen-bond acceptors (Lipinski definition) is 2. The molecule has 2 N–H and O–H groups in total. The van der Waals surface area contributed by atoms with E-state index in [0.29, 0.717) is 18.6 Å². The molecule has 0 unspecified atom stereocenters. The van der Waals surface area contributed by atoms with Gasteiger partial charge in [-0.25, -0.2) is 4.57 Å². The molecule has 90 valence electrons. The first-order valence-electron chi connectivity index (χ1n) is 5.25.